The maximum Gasteiger partial charge on any atom is 0.421 e. The summed E-state index contributed by atoms with van der Waals surface area (Å²) in [7, 11) is 0. The Labute approximate surface area is 240 Å². The van der Waals surface area contributed by atoms with E-state index in [9.17, 15) is 27.5 Å². The first-order valence-corrected chi connectivity index (χ1v) is 13.4. The van der Waals surface area contributed by atoms with E-state index in [1.165, 1.54) is 18.2 Å². The predicted molar refractivity (Wildman–Crippen MR) is 139 cm³/mol. The maximum absolute atomic E-state index is 14.2. The van der Waals surface area contributed by atoms with Crippen LogP contribution in [0.3, 0.4) is 0 Å². The molecule has 0 spiro atoms. The molecule has 2 aliphatic rings. The Bertz CT molecular complexity index is 1680. The van der Waals surface area contributed by atoms with E-state index in [1.54, 1.807) is 0 Å². The summed E-state index contributed by atoms with van der Waals surface area (Å²) in [5.41, 5.74) is 0.404. The van der Waals surface area contributed by atoms with Gasteiger partial charge in [-0.3, -0.25) is 4.90 Å². The summed E-state index contributed by atoms with van der Waals surface area (Å²) in [6.07, 6.45) is -3.62. The van der Waals surface area contributed by atoms with Gasteiger partial charge in [-0.25, -0.2) is 19.2 Å². The molecule has 0 aliphatic carbocycles. The van der Waals surface area contributed by atoms with Crippen molar-refractivity contribution in [1.82, 2.24) is 29.6 Å². The Balaban J connectivity index is 1.27. The van der Waals surface area contributed by atoms with Crippen LogP contribution in [-0.2, 0) is 43.6 Å². The zero-order chi connectivity index (χ0) is 29.6. The van der Waals surface area contributed by atoms with Gasteiger partial charge in [0.05, 0.1) is 24.9 Å². The number of alkyl halides is 3. The van der Waals surface area contributed by atoms with Gasteiger partial charge < -0.3 is 19.1 Å². The highest BCUT2D eigenvalue weighted by Gasteiger charge is 2.37. The van der Waals surface area contributed by atoms with Crippen molar-refractivity contribution >= 4 is 28.7 Å². The van der Waals surface area contributed by atoms with Crippen molar-refractivity contribution in [3.05, 3.63) is 75.1 Å². The van der Waals surface area contributed by atoms with E-state index in [0.29, 0.717) is 60.9 Å². The van der Waals surface area contributed by atoms with Crippen molar-refractivity contribution in [3.63, 3.8) is 0 Å². The lowest BCUT2D eigenvalue weighted by Gasteiger charge is -2.30. The Morgan fingerprint density at radius 2 is 2.00 bits per heavy atom. The first-order chi connectivity index (χ1) is 20.0. The zero-order valence-electron chi connectivity index (χ0n) is 21.9. The van der Waals surface area contributed by atoms with Crippen LogP contribution in [0.5, 0.6) is 5.88 Å². The average molecular weight is 607 g/mol. The molecule has 1 atom stereocenters. The van der Waals surface area contributed by atoms with Crippen LogP contribution in [0.4, 0.5) is 17.6 Å². The molecule has 0 radical (unpaired) electrons. The lowest BCUT2D eigenvalue weighted by Crippen LogP contribution is -2.34. The summed E-state index contributed by atoms with van der Waals surface area (Å²) in [6, 6.07) is 6.21. The predicted octanol–water partition coefficient (Wildman–Crippen LogP) is 4.66. The monoisotopic (exact) mass is 606 g/mol. The zero-order valence-corrected chi connectivity index (χ0v) is 22.6. The molecule has 1 N–H and O–H groups in total. The molecule has 0 amide bonds. The van der Waals surface area contributed by atoms with Gasteiger partial charge in [0.2, 0.25) is 5.88 Å². The summed E-state index contributed by atoms with van der Waals surface area (Å²) < 4.78 is 68.8. The van der Waals surface area contributed by atoms with Crippen molar-refractivity contribution in [3.8, 4) is 5.88 Å². The van der Waals surface area contributed by atoms with Crippen LogP contribution in [0.2, 0.25) is 5.02 Å². The third-order valence-corrected chi connectivity index (χ3v) is 7.48. The lowest BCUT2D eigenvalue weighted by molar-refractivity contribution is -0.139. The van der Waals surface area contributed by atoms with Gasteiger partial charge in [-0.15, -0.1) is 10.2 Å². The number of hydrogen-bond donors (Lipinski definition) is 1. The molecule has 0 unspecified atom stereocenters. The molecule has 0 bridgehead atoms. The van der Waals surface area contributed by atoms with Gasteiger partial charge in [0.1, 0.15) is 29.3 Å². The van der Waals surface area contributed by atoms with E-state index in [0.717, 1.165) is 18.6 Å². The molecule has 1 fully saturated rings. The number of nitrogens with zero attached hydrogens (tertiary/aromatic N) is 6. The minimum Gasteiger partial charge on any atom is -0.476 e. The quantitative estimate of drug-likeness (QED) is 0.286. The topological polar surface area (TPSA) is 115 Å². The maximum atomic E-state index is 14.2. The molecular weight excluding hydrogens is 584 g/mol. The van der Waals surface area contributed by atoms with Gasteiger partial charge in [-0.2, -0.15) is 13.2 Å². The van der Waals surface area contributed by atoms with Crippen molar-refractivity contribution in [1.29, 1.82) is 0 Å². The molecule has 0 saturated carbocycles. The highest BCUT2D eigenvalue weighted by Crippen LogP contribution is 2.38. The van der Waals surface area contributed by atoms with Crippen molar-refractivity contribution in [2.45, 2.75) is 51.4 Å². The van der Waals surface area contributed by atoms with Gasteiger partial charge in [-0.05, 0) is 36.6 Å². The second-order valence-corrected chi connectivity index (χ2v) is 10.5. The van der Waals surface area contributed by atoms with E-state index in [4.69, 9.17) is 21.1 Å². The van der Waals surface area contributed by atoms with Crippen LogP contribution in [0.1, 0.15) is 45.1 Å². The van der Waals surface area contributed by atoms with E-state index < -0.39 is 36.0 Å². The minimum absolute atomic E-state index is 0.0390. The van der Waals surface area contributed by atoms with Crippen LogP contribution in [0, 0.1) is 5.82 Å². The van der Waals surface area contributed by atoms with Crippen LogP contribution in [0.25, 0.3) is 11.2 Å². The minimum atomic E-state index is -4.72. The second kappa shape index (κ2) is 11.1. The Kier molecular flexibility index (Phi) is 7.45. The lowest BCUT2D eigenvalue weighted by atomic mass is 10.0. The molecule has 6 rings (SSSR count). The number of carbonyl (C=O) groups is 1. The Morgan fingerprint density at radius 1 is 1.19 bits per heavy atom. The van der Waals surface area contributed by atoms with Crippen LogP contribution in [0.15, 0.2) is 30.3 Å². The van der Waals surface area contributed by atoms with Crippen LogP contribution < -0.4 is 4.74 Å². The third kappa shape index (κ3) is 5.74. The number of hydrogen-bond acceptors (Lipinski definition) is 8. The first-order valence-electron chi connectivity index (χ1n) is 13.0. The molecule has 2 aliphatic heterocycles. The first kappa shape index (κ1) is 28.2. The van der Waals surface area contributed by atoms with E-state index in [-0.39, 0.29) is 28.9 Å². The number of imidazole rings is 1. The Morgan fingerprint density at radius 3 is 2.69 bits per heavy atom. The van der Waals surface area contributed by atoms with Crippen molar-refractivity contribution in [2.24, 2.45) is 0 Å². The standard InChI is InChI=1S/C27H23ClF4N6O4/c28-16-2-1-15(19(29)8-16)13-42-25-18(27(30,31)32)7-14-3-5-37(11-22(14)34-25)12-23-33-20-9-21(26(39)40)35-36-24(20)38(23)10-17-4-6-41-17/h1-2,7-9,17H,3-6,10-13H2,(H,39,40)/t17-/m0/s1. The molecule has 3 aromatic heterocycles. The fourth-order valence-corrected chi connectivity index (χ4v) is 5.11. The van der Waals surface area contributed by atoms with Crippen molar-refractivity contribution in [2.75, 3.05) is 13.2 Å². The fourth-order valence-electron chi connectivity index (χ4n) is 4.95. The number of rotatable bonds is 8. The number of carboxylic acid groups (broad SMARTS) is 1. The summed E-state index contributed by atoms with van der Waals surface area (Å²) in [4.78, 5) is 22.2. The molecule has 10 nitrogen and oxygen atoms in total. The average Bonchev–Trinajstić information content (AvgIpc) is 3.24. The number of fused-ring (bicyclic) bond motifs is 2. The number of benzene rings is 1. The SMILES string of the molecule is O=C(O)c1cc2nc(CN3CCc4cc(C(F)(F)F)c(OCc5ccc(Cl)cc5F)nc4C3)n(C[C@@H]3CCO3)c2nn1. The highest BCUT2D eigenvalue weighted by molar-refractivity contribution is 6.30. The fraction of sp³-hybridized carbons (Fsp3) is 0.370. The van der Waals surface area contributed by atoms with E-state index in [1.807, 2.05) is 9.47 Å². The molecule has 1 saturated heterocycles. The smallest absolute Gasteiger partial charge is 0.421 e. The number of ether oxygens (including phenoxy) is 2. The van der Waals surface area contributed by atoms with Crippen LogP contribution >= 0.6 is 11.6 Å². The van der Waals surface area contributed by atoms with Gasteiger partial charge in [0.25, 0.3) is 0 Å². The van der Waals surface area contributed by atoms with Gasteiger partial charge in [0.15, 0.2) is 11.3 Å². The summed E-state index contributed by atoms with van der Waals surface area (Å²) in [5, 5.41) is 17.3. The third-order valence-electron chi connectivity index (χ3n) is 7.25. The van der Waals surface area contributed by atoms with E-state index >= 15 is 0 Å². The molecule has 1 aromatic carbocycles. The molecule has 5 heterocycles. The summed E-state index contributed by atoms with van der Waals surface area (Å²) >= 11 is 5.77. The molecule has 42 heavy (non-hydrogen) atoms. The number of aromatic nitrogens is 5. The van der Waals surface area contributed by atoms with Gasteiger partial charge >= 0.3 is 12.1 Å². The van der Waals surface area contributed by atoms with Crippen molar-refractivity contribution < 1.29 is 36.9 Å². The molecule has 4 aromatic rings. The highest BCUT2D eigenvalue weighted by atomic mass is 35.5. The molecule has 15 heteroatoms. The molecule has 220 valence electrons. The number of aromatic carboxylic acids is 1. The summed E-state index contributed by atoms with van der Waals surface area (Å²) in [6.45, 7) is 1.55. The van der Waals surface area contributed by atoms with Crippen LogP contribution in [-0.4, -0.2) is 60.0 Å². The second-order valence-electron chi connectivity index (χ2n) is 10.1. The number of halogens is 5. The van der Waals surface area contributed by atoms with Gasteiger partial charge in [-0.1, -0.05) is 17.7 Å². The number of carboxylic acids is 1. The van der Waals surface area contributed by atoms with E-state index in [2.05, 4.69) is 20.2 Å². The Hall–Kier alpha value is -3.88. The van der Waals surface area contributed by atoms with Gasteiger partial charge in [0, 0.05) is 36.3 Å². The largest absolute Gasteiger partial charge is 0.476 e. The molecular formula is C27H23ClF4N6O4. The normalized spacial score (nSPS) is 17.2. The number of pyridine rings is 1. The summed E-state index contributed by atoms with van der Waals surface area (Å²) in [5.74, 6) is -1.97.